The zero-order valence-corrected chi connectivity index (χ0v) is 20.0. The van der Waals surface area contributed by atoms with Crippen LogP contribution in [0, 0.1) is 29.1 Å². The molecule has 12 heteroatoms. The van der Waals surface area contributed by atoms with Crippen LogP contribution >= 0.6 is 11.6 Å². The molecule has 4 heterocycles. The van der Waals surface area contributed by atoms with Crippen LogP contribution in [-0.4, -0.2) is 40.9 Å². The van der Waals surface area contributed by atoms with E-state index in [4.69, 9.17) is 26.3 Å². The molecular formula is C25H19ClF3N3O5. The predicted octanol–water partition coefficient (Wildman–Crippen LogP) is 3.95. The minimum absolute atomic E-state index is 0.0378. The van der Waals surface area contributed by atoms with Crippen LogP contribution in [0.5, 0.6) is 5.88 Å². The number of anilines is 1. The van der Waals surface area contributed by atoms with E-state index in [0.717, 1.165) is 17.0 Å². The van der Waals surface area contributed by atoms with E-state index in [2.05, 4.69) is 4.98 Å². The molecule has 3 fully saturated rings. The maximum absolute atomic E-state index is 13.6. The summed E-state index contributed by atoms with van der Waals surface area (Å²) < 4.78 is 52.6. The Hall–Kier alpha value is -3.49. The molecule has 5 rings (SSSR count). The average Bonchev–Trinajstić information content (AvgIpc) is 3.41. The Bertz CT molecular complexity index is 1340. The van der Waals surface area contributed by atoms with Crippen LogP contribution in [0.4, 0.5) is 18.9 Å². The number of nitriles is 1. The number of alkyl halides is 3. The summed E-state index contributed by atoms with van der Waals surface area (Å²) in [5.74, 6) is -3.98. The van der Waals surface area contributed by atoms with Gasteiger partial charge in [-0.3, -0.25) is 9.59 Å². The number of aromatic nitrogens is 1. The first kappa shape index (κ1) is 25.2. The summed E-state index contributed by atoms with van der Waals surface area (Å²) in [4.78, 5) is 43.9. The number of nitrogens with zero attached hydrogens (tertiary/aromatic N) is 3. The van der Waals surface area contributed by atoms with Crippen molar-refractivity contribution >= 4 is 35.4 Å². The van der Waals surface area contributed by atoms with E-state index in [9.17, 15) is 27.6 Å². The molecule has 8 nitrogen and oxygen atoms in total. The zero-order chi connectivity index (χ0) is 26.8. The third-order valence-corrected chi connectivity index (χ3v) is 7.77. The van der Waals surface area contributed by atoms with Gasteiger partial charge in [0.15, 0.2) is 0 Å². The number of hydrogen-bond donors (Lipinski definition) is 0. The maximum Gasteiger partial charge on any atom is 0.417 e. The molecule has 0 spiro atoms. The number of fused-ring (bicyclic) bond motifs is 5. The van der Waals surface area contributed by atoms with Gasteiger partial charge in [0.1, 0.15) is 6.29 Å². The van der Waals surface area contributed by atoms with Crippen molar-refractivity contribution in [3.63, 3.8) is 0 Å². The minimum atomic E-state index is -4.87. The molecule has 0 saturated carbocycles. The van der Waals surface area contributed by atoms with Crippen molar-refractivity contribution in [2.24, 2.45) is 17.8 Å². The molecule has 37 heavy (non-hydrogen) atoms. The highest BCUT2D eigenvalue weighted by Crippen LogP contribution is 2.64. The van der Waals surface area contributed by atoms with E-state index in [1.165, 1.54) is 12.3 Å². The fourth-order valence-electron chi connectivity index (χ4n) is 5.92. The SMILES string of the molecule is CC12OC(CCOc3ccc(Cl)cn3)(C[C@@H]1C=O)[C@H]1C(=O)N(c3ccc(C#N)c(C(F)(F)F)c3)C(=O)C12. The zero-order valence-electron chi connectivity index (χ0n) is 19.3. The molecule has 3 aliphatic heterocycles. The number of halogens is 4. The Balaban J connectivity index is 1.48. The summed E-state index contributed by atoms with van der Waals surface area (Å²) in [5.41, 5.74) is -4.72. The molecule has 1 aromatic carbocycles. The molecule has 3 unspecified atom stereocenters. The molecular weight excluding hydrogens is 515 g/mol. The Morgan fingerprint density at radius 2 is 2.00 bits per heavy atom. The van der Waals surface area contributed by atoms with E-state index in [0.29, 0.717) is 17.4 Å². The highest BCUT2D eigenvalue weighted by Gasteiger charge is 2.77. The monoisotopic (exact) mass is 533 g/mol. The van der Waals surface area contributed by atoms with Crippen molar-refractivity contribution in [3.8, 4) is 11.9 Å². The predicted molar refractivity (Wildman–Crippen MR) is 121 cm³/mol. The fraction of sp³-hybridized carbons (Fsp3) is 0.400. The Kier molecular flexibility index (Phi) is 5.80. The summed E-state index contributed by atoms with van der Waals surface area (Å²) in [7, 11) is 0. The second kappa shape index (κ2) is 8.53. The highest BCUT2D eigenvalue weighted by atomic mass is 35.5. The standard InChI is InChI=1S/C25H19ClF3N3O5/c1-23-14(12-33)9-24(37-23,6-7-36-18-5-3-15(26)11-31-18)20-19(23)21(34)32(22(20)35)16-4-2-13(10-30)17(8-16)25(27,28)29/h2-5,8,11-12,14,19-20H,6-7,9H2,1H3/t14-,19?,20-,23?,24?/m1/s1. The van der Waals surface area contributed by atoms with E-state index in [1.807, 2.05) is 0 Å². The van der Waals surface area contributed by atoms with E-state index in [1.54, 1.807) is 19.1 Å². The van der Waals surface area contributed by atoms with Crippen LogP contribution in [0.25, 0.3) is 0 Å². The van der Waals surface area contributed by atoms with Crippen LogP contribution in [0.2, 0.25) is 5.02 Å². The van der Waals surface area contributed by atoms with Gasteiger partial charge >= 0.3 is 6.18 Å². The summed E-state index contributed by atoms with van der Waals surface area (Å²) >= 11 is 5.83. The van der Waals surface area contributed by atoms with E-state index in [-0.39, 0.29) is 31.0 Å². The molecule has 1 aromatic heterocycles. The van der Waals surface area contributed by atoms with Gasteiger partial charge in [-0.15, -0.1) is 0 Å². The third-order valence-electron chi connectivity index (χ3n) is 7.54. The lowest BCUT2D eigenvalue weighted by molar-refractivity contribution is -0.138. The number of hydrogen-bond acceptors (Lipinski definition) is 7. The van der Waals surface area contributed by atoms with Gasteiger partial charge in [0.25, 0.3) is 0 Å². The quantitative estimate of drug-likeness (QED) is 0.408. The minimum Gasteiger partial charge on any atom is -0.478 e. The lowest BCUT2D eigenvalue weighted by atomic mass is 9.63. The first-order valence-corrected chi connectivity index (χ1v) is 11.7. The van der Waals surface area contributed by atoms with Gasteiger partial charge in [0.05, 0.1) is 57.6 Å². The van der Waals surface area contributed by atoms with Crippen LogP contribution in [-0.2, 0) is 25.3 Å². The molecule has 2 bridgehead atoms. The van der Waals surface area contributed by atoms with Crippen molar-refractivity contribution in [1.29, 1.82) is 5.26 Å². The Morgan fingerprint density at radius 1 is 1.27 bits per heavy atom. The summed E-state index contributed by atoms with van der Waals surface area (Å²) in [6, 6.07) is 7.31. The van der Waals surface area contributed by atoms with Gasteiger partial charge in [-0.2, -0.15) is 18.4 Å². The average molecular weight is 534 g/mol. The first-order chi connectivity index (χ1) is 17.4. The summed E-state index contributed by atoms with van der Waals surface area (Å²) in [6.45, 7) is 1.62. The molecule has 2 amide bonds. The molecule has 0 radical (unpaired) electrons. The van der Waals surface area contributed by atoms with E-state index < -0.39 is 58.1 Å². The van der Waals surface area contributed by atoms with Gasteiger partial charge in [-0.1, -0.05) is 11.6 Å². The number of rotatable bonds is 6. The molecule has 3 saturated heterocycles. The lowest BCUT2D eigenvalue weighted by Gasteiger charge is -2.33. The topological polar surface area (TPSA) is 110 Å². The largest absolute Gasteiger partial charge is 0.478 e. The number of amides is 2. The van der Waals surface area contributed by atoms with Crippen molar-refractivity contribution in [2.75, 3.05) is 11.5 Å². The number of aldehydes is 1. The molecule has 0 N–H and O–H groups in total. The lowest BCUT2D eigenvalue weighted by Crippen LogP contribution is -2.47. The summed E-state index contributed by atoms with van der Waals surface area (Å²) in [5, 5.41) is 9.50. The van der Waals surface area contributed by atoms with Crippen LogP contribution in [0.1, 0.15) is 30.9 Å². The fourth-order valence-corrected chi connectivity index (χ4v) is 6.03. The van der Waals surface area contributed by atoms with Crippen LogP contribution in [0.15, 0.2) is 36.5 Å². The Labute approximate surface area is 213 Å². The third kappa shape index (κ3) is 3.78. The number of carbonyl (C=O) groups excluding carboxylic acids is 3. The Morgan fingerprint density at radius 3 is 2.62 bits per heavy atom. The highest BCUT2D eigenvalue weighted by molar-refractivity contribution is 6.30. The van der Waals surface area contributed by atoms with Crippen LogP contribution in [0.3, 0.4) is 0 Å². The first-order valence-electron chi connectivity index (χ1n) is 11.3. The molecule has 2 aromatic rings. The number of benzene rings is 1. The second-order valence-electron chi connectivity index (χ2n) is 9.52. The molecule has 3 aliphatic rings. The van der Waals surface area contributed by atoms with Gasteiger partial charge < -0.3 is 14.3 Å². The van der Waals surface area contributed by atoms with Gasteiger partial charge in [-0.25, -0.2) is 9.88 Å². The summed E-state index contributed by atoms with van der Waals surface area (Å²) in [6.07, 6.45) is -2.50. The van der Waals surface area contributed by atoms with Crippen molar-refractivity contribution < 1.29 is 37.0 Å². The maximum atomic E-state index is 13.6. The smallest absolute Gasteiger partial charge is 0.417 e. The number of imide groups is 1. The van der Waals surface area contributed by atoms with Gasteiger partial charge in [-0.05, 0) is 37.6 Å². The number of carbonyl (C=O) groups is 3. The molecule has 5 atom stereocenters. The van der Waals surface area contributed by atoms with E-state index >= 15 is 0 Å². The van der Waals surface area contributed by atoms with Crippen molar-refractivity contribution in [3.05, 3.63) is 52.7 Å². The van der Waals surface area contributed by atoms with Crippen molar-refractivity contribution in [2.45, 2.75) is 37.1 Å². The molecule has 192 valence electrons. The number of ether oxygens (including phenoxy) is 2. The normalized spacial score (nSPS) is 30.4. The van der Waals surface area contributed by atoms with Crippen LogP contribution < -0.4 is 9.64 Å². The molecule has 0 aliphatic carbocycles. The van der Waals surface area contributed by atoms with Gasteiger partial charge in [0, 0.05) is 24.6 Å². The van der Waals surface area contributed by atoms with Gasteiger partial charge in [0.2, 0.25) is 17.7 Å². The second-order valence-corrected chi connectivity index (χ2v) is 9.95. The number of pyridine rings is 1. The van der Waals surface area contributed by atoms with Crippen molar-refractivity contribution in [1.82, 2.24) is 4.98 Å².